The van der Waals surface area contributed by atoms with Crippen molar-refractivity contribution in [2.75, 3.05) is 6.61 Å². The van der Waals surface area contributed by atoms with E-state index in [1.54, 1.807) is 68.5 Å². The summed E-state index contributed by atoms with van der Waals surface area (Å²) in [5.41, 5.74) is 12.3. The Hall–Kier alpha value is -4.47. The van der Waals surface area contributed by atoms with Gasteiger partial charge in [0.05, 0.1) is 12.2 Å². The van der Waals surface area contributed by atoms with Crippen molar-refractivity contribution < 1.29 is 28.7 Å². The van der Waals surface area contributed by atoms with E-state index in [0.717, 1.165) is 0 Å². The van der Waals surface area contributed by atoms with Gasteiger partial charge in [-0.1, -0.05) is 12.1 Å². The minimum Gasteiger partial charge on any atom is -0.464 e. The van der Waals surface area contributed by atoms with Gasteiger partial charge in [0.1, 0.15) is 17.6 Å². The van der Waals surface area contributed by atoms with Gasteiger partial charge in [0.15, 0.2) is 0 Å². The normalized spacial score (nSPS) is 11.8. The molecule has 0 aromatic heterocycles. The second-order valence-corrected chi connectivity index (χ2v) is 7.56. The largest absolute Gasteiger partial charge is 0.464 e. The minimum atomic E-state index is -1.00. The van der Waals surface area contributed by atoms with Gasteiger partial charge in [-0.25, -0.2) is 9.59 Å². The molecule has 6 N–H and O–H groups in total. The molecular weight excluding hydrogens is 452 g/mol. The zero-order valence-corrected chi connectivity index (χ0v) is 19.5. The lowest BCUT2D eigenvalue weighted by atomic mass is 10.1. The number of primary amides is 1. The number of amidine groups is 1. The Morgan fingerprint density at radius 2 is 1.60 bits per heavy atom. The van der Waals surface area contributed by atoms with Gasteiger partial charge in [-0.05, 0) is 68.3 Å². The van der Waals surface area contributed by atoms with Crippen LogP contribution in [0.5, 0.6) is 5.75 Å². The number of hydrogen-bond donors (Lipinski definition) is 4. The highest BCUT2D eigenvalue weighted by Crippen LogP contribution is 2.16. The molecule has 2 aromatic rings. The van der Waals surface area contributed by atoms with Crippen LogP contribution < -0.4 is 21.5 Å². The maximum atomic E-state index is 12.6. The van der Waals surface area contributed by atoms with E-state index >= 15 is 0 Å². The summed E-state index contributed by atoms with van der Waals surface area (Å²) in [6, 6.07) is 11.6. The highest BCUT2D eigenvalue weighted by atomic mass is 16.5. The Morgan fingerprint density at radius 1 is 1.00 bits per heavy atom. The maximum Gasteiger partial charge on any atom is 0.343 e. The second-order valence-electron chi connectivity index (χ2n) is 7.56. The lowest BCUT2D eigenvalue weighted by Crippen LogP contribution is -2.42. The van der Waals surface area contributed by atoms with Crippen LogP contribution in [0.3, 0.4) is 0 Å². The molecule has 1 atom stereocenters. The van der Waals surface area contributed by atoms with Gasteiger partial charge in [0, 0.05) is 17.6 Å². The van der Waals surface area contributed by atoms with Gasteiger partial charge in [0.25, 0.3) is 0 Å². The molecule has 0 fully saturated rings. The molecule has 2 rings (SSSR count). The number of hydrogen-bond acceptors (Lipinski definition) is 7. The van der Waals surface area contributed by atoms with Crippen molar-refractivity contribution in [3.05, 3.63) is 70.8 Å². The van der Waals surface area contributed by atoms with Gasteiger partial charge < -0.3 is 26.3 Å². The van der Waals surface area contributed by atoms with E-state index in [4.69, 9.17) is 26.4 Å². The summed E-state index contributed by atoms with van der Waals surface area (Å²) < 4.78 is 10.3. The summed E-state index contributed by atoms with van der Waals surface area (Å²) in [7, 11) is 0. The fraction of sp³-hybridized carbons (Fsp3) is 0.240. The van der Waals surface area contributed by atoms with E-state index in [1.807, 2.05) is 0 Å². The SMILES string of the molecule is CCOC(=O)[C@H](CCC(N)=O)NC(=O)C(C)=Cc1ccc(C(=O)Oc2ccc(C(=N)N)cc2)cc1. The molecule has 10 nitrogen and oxygen atoms in total. The van der Waals surface area contributed by atoms with Crippen molar-refractivity contribution in [3.8, 4) is 5.75 Å². The number of nitrogens with one attached hydrogen (secondary N) is 2. The van der Waals surface area contributed by atoms with E-state index in [9.17, 15) is 19.2 Å². The van der Waals surface area contributed by atoms with Crippen molar-refractivity contribution in [1.82, 2.24) is 5.32 Å². The summed E-state index contributed by atoms with van der Waals surface area (Å²) in [4.78, 5) is 48.1. The second kappa shape index (κ2) is 12.7. The van der Waals surface area contributed by atoms with Crippen LogP contribution in [0.2, 0.25) is 0 Å². The van der Waals surface area contributed by atoms with Crippen molar-refractivity contribution in [2.45, 2.75) is 32.7 Å². The third-order valence-electron chi connectivity index (χ3n) is 4.82. The summed E-state index contributed by atoms with van der Waals surface area (Å²) in [6.07, 6.45) is 1.54. The number of esters is 2. The first-order chi connectivity index (χ1) is 16.6. The number of carbonyl (C=O) groups is 4. The summed E-state index contributed by atoms with van der Waals surface area (Å²) >= 11 is 0. The minimum absolute atomic E-state index is 0.0292. The number of nitrogens with two attached hydrogens (primary N) is 2. The summed E-state index contributed by atoms with van der Waals surface area (Å²) in [6.45, 7) is 3.34. The van der Waals surface area contributed by atoms with Crippen LogP contribution in [0, 0.1) is 5.41 Å². The van der Waals surface area contributed by atoms with Crippen LogP contribution in [0.15, 0.2) is 54.1 Å². The number of ether oxygens (including phenoxy) is 2. The molecule has 0 saturated carbocycles. The average Bonchev–Trinajstić information content (AvgIpc) is 2.82. The smallest absolute Gasteiger partial charge is 0.343 e. The molecule has 0 aliphatic heterocycles. The van der Waals surface area contributed by atoms with Crippen molar-refractivity contribution in [3.63, 3.8) is 0 Å². The molecule has 0 aliphatic carbocycles. The molecule has 0 unspecified atom stereocenters. The van der Waals surface area contributed by atoms with Crippen LogP contribution in [0.25, 0.3) is 6.08 Å². The van der Waals surface area contributed by atoms with Gasteiger partial charge in [-0.2, -0.15) is 0 Å². The molecule has 0 spiro atoms. The number of benzene rings is 2. The summed E-state index contributed by atoms with van der Waals surface area (Å²) in [5, 5.41) is 9.94. The highest BCUT2D eigenvalue weighted by molar-refractivity contribution is 5.99. The Bertz CT molecular complexity index is 1120. The summed E-state index contributed by atoms with van der Waals surface area (Å²) in [5.74, 6) is -2.09. The van der Waals surface area contributed by atoms with Crippen molar-refractivity contribution >= 4 is 35.7 Å². The molecule has 0 aliphatic rings. The van der Waals surface area contributed by atoms with Crippen LogP contribution in [-0.2, 0) is 19.1 Å². The number of amides is 2. The molecule has 0 saturated heterocycles. The Labute approximate surface area is 202 Å². The van der Waals surface area contributed by atoms with Gasteiger partial charge in [-0.3, -0.25) is 15.0 Å². The molecule has 184 valence electrons. The standard InChI is InChI=1S/C25H28N4O6/c1-3-34-25(33)20(12-13-21(26)30)29-23(31)15(2)14-16-4-6-18(7-5-16)24(32)35-19-10-8-17(9-11-19)22(27)28/h4-11,14,20H,3,12-13H2,1-2H3,(H2,26,30)(H3,27,28)(H,29,31)/t20-/m0/s1. The van der Waals surface area contributed by atoms with E-state index in [1.165, 1.54) is 0 Å². The predicted octanol–water partition coefficient (Wildman–Crippen LogP) is 1.91. The quantitative estimate of drug-likeness (QED) is 0.125. The van der Waals surface area contributed by atoms with Crippen LogP contribution in [0.1, 0.15) is 48.2 Å². The maximum absolute atomic E-state index is 12.6. The third-order valence-corrected chi connectivity index (χ3v) is 4.82. The molecule has 2 amide bonds. The first-order valence-corrected chi connectivity index (χ1v) is 10.8. The predicted molar refractivity (Wildman–Crippen MR) is 130 cm³/mol. The fourth-order valence-corrected chi connectivity index (χ4v) is 2.95. The van der Waals surface area contributed by atoms with Crippen molar-refractivity contribution in [2.24, 2.45) is 11.5 Å². The average molecular weight is 481 g/mol. The number of nitrogen functional groups attached to an aromatic ring is 1. The van der Waals surface area contributed by atoms with E-state index in [0.29, 0.717) is 28.0 Å². The number of rotatable bonds is 11. The van der Waals surface area contributed by atoms with E-state index in [-0.39, 0.29) is 25.3 Å². The van der Waals surface area contributed by atoms with Gasteiger partial charge >= 0.3 is 11.9 Å². The molecule has 2 aromatic carbocycles. The van der Waals surface area contributed by atoms with E-state index < -0.39 is 29.8 Å². The van der Waals surface area contributed by atoms with Crippen LogP contribution >= 0.6 is 0 Å². The van der Waals surface area contributed by atoms with Crippen LogP contribution in [-0.4, -0.2) is 42.2 Å². The molecule has 10 heteroatoms. The molecule has 0 bridgehead atoms. The first kappa shape index (κ1) is 26.8. The van der Waals surface area contributed by atoms with Crippen LogP contribution in [0.4, 0.5) is 0 Å². The third kappa shape index (κ3) is 8.43. The van der Waals surface area contributed by atoms with Crippen molar-refractivity contribution in [1.29, 1.82) is 5.41 Å². The lowest BCUT2D eigenvalue weighted by Gasteiger charge is -2.17. The first-order valence-electron chi connectivity index (χ1n) is 10.8. The number of carbonyl (C=O) groups excluding carboxylic acids is 4. The molecule has 0 radical (unpaired) electrons. The fourth-order valence-electron chi connectivity index (χ4n) is 2.95. The highest BCUT2D eigenvalue weighted by Gasteiger charge is 2.23. The Morgan fingerprint density at radius 3 is 2.14 bits per heavy atom. The zero-order chi connectivity index (χ0) is 26.0. The Balaban J connectivity index is 2.03. The topological polar surface area (TPSA) is 175 Å². The molecule has 35 heavy (non-hydrogen) atoms. The monoisotopic (exact) mass is 480 g/mol. The Kier molecular flexibility index (Phi) is 9.71. The molecular formula is C25H28N4O6. The van der Waals surface area contributed by atoms with E-state index in [2.05, 4.69) is 5.32 Å². The van der Waals surface area contributed by atoms with Gasteiger partial charge in [-0.15, -0.1) is 0 Å². The lowest BCUT2D eigenvalue weighted by molar-refractivity contribution is -0.147. The molecule has 0 heterocycles. The van der Waals surface area contributed by atoms with Gasteiger partial charge in [0.2, 0.25) is 11.8 Å². The zero-order valence-electron chi connectivity index (χ0n) is 19.5.